The standard InChI is InChI=1S/C16H36N.C3H2BF4/c1-5-9-13-17(14-10-6-2,15-11-7-3)16-12-8-4;5-2(6)1-3(7,8)4-2/h5-16H2,1-4H3;1H2/q+1;. The Balaban J connectivity index is 0.000000593. The molecule has 0 saturated carbocycles. The molecule has 0 N–H and O–H groups in total. The molecular weight excluding hydrogens is 329 g/mol. The molecule has 0 amide bonds. The van der Waals surface area contributed by atoms with Gasteiger partial charge in [0.15, 0.2) is 0 Å². The van der Waals surface area contributed by atoms with Gasteiger partial charge in [-0.15, -0.1) is 0 Å². The highest BCUT2D eigenvalue weighted by Crippen LogP contribution is 2.41. The molecule has 0 aromatic rings. The molecule has 0 bridgehead atoms. The van der Waals surface area contributed by atoms with E-state index in [1.165, 1.54) is 82.0 Å². The summed E-state index contributed by atoms with van der Waals surface area (Å²) in [6.45, 7) is 15.0. The smallest absolute Gasteiger partial charge is 0.299 e. The van der Waals surface area contributed by atoms with E-state index in [2.05, 4.69) is 27.7 Å². The number of nitrogens with zero attached hydrogens (tertiary/aromatic N) is 1. The first-order valence-corrected chi connectivity index (χ1v) is 10.1. The molecule has 1 saturated heterocycles. The molecule has 0 aromatic heterocycles. The Kier molecular flexibility index (Phi) is 12.1. The Morgan fingerprint density at radius 1 is 0.640 bits per heavy atom. The second-order valence-corrected chi connectivity index (χ2v) is 7.49. The van der Waals surface area contributed by atoms with Crippen molar-refractivity contribution in [3.63, 3.8) is 0 Å². The summed E-state index contributed by atoms with van der Waals surface area (Å²) in [7, 11) is -0.236. The number of quaternary nitrogens is 1. The van der Waals surface area contributed by atoms with E-state index in [9.17, 15) is 17.6 Å². The van der Waals surface area contributed by atoms with E-state index in [1.54, 1.807) is 0 Å². The average molecular weight is 367 g/mol. The quantitative estimate of drug-likeness (QED) is 0.216. The zero-order chi connectivity index (χ0) is 19.4. The van der Waals surface area contributed by atoms with Crippen molar-refractivity contribution in [2.45, 2.75) is 97.1 Å². The molecule has 0 unspecified atom stereocenters. The predicted molar refractivity (Wildman–Crippen MR) is 99.6 cm³/mol. The summed E-state index contributed by atoms with van der Waals surface area (Å²) >= 11 is 0. The topological polar surface area (TPSA) is 0 Å². The first-order chi connectivity index (χ1) is 11.7. The van der Waals surface area contributed by atoms with Gasteiger partial charge >= 0.3 is 0 Å². The third kappa shape index (κ3) is 11.1. The van der Waals surface area contributed by atoms with Gasteiger partial charge in [0.05, 0.1) is 32.6 Å². The number of alkyl halides is 4. The van der Waals surface area contributed by atoms with E-state index < -0.39 is 18.1 Å². The van der Waals surface area contributed by atoms with Crippen molar-refractivity contribution >= 4 is 7.28 Å². The molecule has 1 nitrogen and oxygen atoms in total. The van der Waals surface area contributed by atoms with Crippen LogP contribution in [0.2, 0.25) is 0 Å². The maximum Gasteiger partial charge on any atom is 0.299 e. The molecule has 0 aromatic carbocycles. The monoisotopic (exact) mass is 367 g/mol. The van der Waals surface area contributed by atoms with Crippen LogP contribution >= 0.6 is 0 Å². The average Bonchev–Trinajstić information content (AvgIpc) is 2.51. The number of halogens is 4. The summed E-state index contributed by atoms with van der Waals surface area (Å²) in [6, 6.07) is 0. The van der Waals surface area contributed by atoms with Gasteiger partial charge in [0.1, 0.15) is 0 Å². The van der Waals surface area contributed by atoms with Gasteiger partial charge in [-0.25, -0.2) is 17.6 Å². The third-order valence-electron chi connectivity index (χ3n) is 4.84. The molecule has 0 aliphatic carbocycles. The van der Waals surface area contributed by atoms with Crippen molar-refractivity contribution in [3.05, 3.63) is 0 Å². The van der Waals surface area contributed by atoms with Gasteiger partial charge in [-0.1, -0.05) is 53.4 Å². The first-order valence-electron chi connectivity index (χ1n) is 10.1. The molecule has 1 aliphatic heterocycles. The molecule has 149 valence electrons. The Bertz CT molecular complexity index is 278. The van der Waals surface area contributed by atoms with Crippen molar-refractivity contribution < 1.29 is 22.0 Å². The fourth-order valence-corrected chi connectivity index (χ4v) is 3.24. The lowest BCUT2D eigenvalue weighted by molar-refractivity contribution is -0.929. The highest BCUT2D eigenvalue weighted by atomic mass is 19.3. The van der Waals surface area contributed by atoms with Gasteiger partial charge in [-0.05, 0) is 25.7 Å². The summed E-state index contributed by atoms with van der Waals surface area (Å²) in [5.41, 5.74) is 0. The molecule has 6 heteroatoms. The number of rotatable bonds is 12. The van der Waals surface area contributed by atoms with Crippen LogP contribution in [0.5, 0.6) is 0 Å². The zero-order valence-corrected chi connectivity index (χ0v) is 16.7. The summed E-state index contributed by atoms with van der Waals surface area (Å²) in [5.74, 6) is -6.44. The van der Waals surface area contributed by atoms with E-state index in [0.29, 0.717) is 0 Å². The van der Waals surface area contributed by atoms with E-state index in [1.807, 2.05) is 0 Å². The fraction of sp³-hybridized carbons (Fsp3) is 1.00. The molecular formula is C19H38BF4N+. The minimum Gasteiger partial charge on any atom is -0.324 e. The third-order valence-corrected chi connectivity index (χ3v) is 4.84. The molecule has 25 heavy (non-hydrogen) atoms. The Hall–Kier alpha value is -0.255. The van der Waals surface area contributed by atoms with E-state index in [4.69, 9.17) is 0 Å². The summed E-state index contributed by atoms with van der Waals surface area (Å²) in [6.07, 6.45) is 9.74. The zero-order valence-electron chi connectivity index (χ0n) is 16.7. The SMILES string of the molecule is CCCC[N+](CCCC)(CCCC)CCCC.FC1(F)[B]C(F)(F)C1. The highest BCUT2D eigenvalue weighted by molar-refractivity contribution is 6.46. The highest BCUT2D eigenvalue weighted by Gasteiger charge is 2.60. The van der Waals surface area contributed by atoms with Crippen LogP contribution in [0.1, 0.15) is 85.5 Å². The second kappa shape index (κ2) is 12.2. The molecule has 1 fully saturated rings. The molecule has 1 rings (SSSR count). The summed E-state index contributed by atoms with van der Waals surface area (Å²) < 4.78 is 47.4. The first kappa shape index (κ1) is 24.7. The van der Waals surface area contributed by atoms with Crippen molar-refractivity contribution in [1.29, 1.82) is 0 Å². The van der Waals surface area contributed by atoms with E-state index in [-0.39, 0.29) is 7.28 Å². The van der Waals surface area contributed by atoms with Crippen molar-refractivity contribution in [2.75, 3.05) is 26.2 Å². The number of hydrogen-bond acceptors (Lipinski definition) is 0. The van der Waals surface area contributed by atoms with Gasteiger partial charge < -0.3 is 4.48 Å². The van der Waals surface area contributed by atoms with Crippen LogP contribution in [-0.2, 0) is 0 Å². The van der Waals surface area contributed by atoms with Crippen LogP contribution in [0.4, 0.5) is 17.6 Å². The fourth-order valence-electron chi connectivity index (χ4n) is 3.24. The van der Waals surface area contributed by atoms with Crippen LogP contribution in [-0.4, -0.2) is 49.6 Å². The lowest BCUT2D eigenvalue weighted by Crippen LogP contribution is -2.54. The molecule has 0 atom stereocenters. The number of hydrogen-bond donors (Lipinski definition) is 0. The van der Waals surface area contributed by atoms with Crippen molar-refractivity contribution in [1.82, 2.24) is 0 Å². The minimum absolute atomic E-state index is 0.236. The van der Waals surface area contributed by atoms with Crippen LogP contribution in [0.25, 0.3) is 0 Å². The van der Waals surface area contributed by atoms with Gasteiger partial charge in [0, 0.05) is 0 Å². The van der Waals surface area contributed by atoms with Crippen LogP contribution in [0.15, 0.2) is 0 Å². The molecule has 0 spiro atoms. The Labute approximate surface area is 153 Å². The lowest BCUT2D eigenvalue weighted by atomic mass is 9.49. The second-order valence-electron chi connectivity index (χ2n) is 7.49. The molecule has 1 heterocycles. The van der Waals surface area contributed by atoms with Crippen LogP contribution < -0.4 is 0 Å². The molecule has 1 radical (unpaired) electrons. The normalized spacial score (nSPS) is 17.9. The minimum atomic E-state index is -3.22. The lowest BCUT2D eigenvalue weighted by Gasteiger charge is -2.39. The Morgan fingerprint density at radius 3 is 1.00 bits per heavy atom. The van der Waals surface area contributed by atoms with Gasteiger partial charge in [0.2, 0.25) is 11.6 Å². The van der Waals surface area contributed by atoms with E-state index in [0.717, 1.165) is 0 Å². The van der Waals surface area contributed by atoms with Crippen molar-refractivity contribution in [3.8, 4) is 0 Å². The molecule has 1 aliphatic rings. The maximum absolute atomic E-state index is 11.5. The van der Waals surface area contributed by atoms with Gasteiger partial charge in [0.25, 0.3) is 7.28 Å². The maximum atomic E-state index is 11.5. The number of unbranched alkanes of at least 4 members (excludes halogenated alkanes) is 4. The van der Waals surface area contributed by atoms with Crippen molar-refractivity contribution in [2.24, 2.45) is 0 Å². The Morgan fingerprint density at radius 2 is 0.880 bits per heavy atom. The van der Waals surface area contributed by atoms with Crippen LogP contribution in [0, 0.1) is 0 Å². The van der Waals surface area contributed by atoms with Gasteiger partial charge in [-0.3, -0.25) is 0 Å². The van der Waals surface area contributed by atoms with Crippen LogP contribution in [0.3, 0.4) is 0 Å². The largest absolute Gasteiger partial charge is 0.324 e. The van der Waals surface area contributed by atoms with E-state index >= 15 is 0 Å². The van der Waals surface area contributed by atoms with Gasteiger partial charge in [-0.2, -0.15) is 0 Å². The predicted octanol–water partition coefficient (Wildman–Crippen LogP) is 6.28. The summed E-state index contributed by atoms with van der Waals surface area (Å²) in [5, 5.41) is 0. The summed E-state index contributed by atoms with van der Waals surface area (Å²) in [4.78, 5) is 0.